The van der Waals surface area contributed by atoms with E-state index in [1.54, 1.807) is 18.2 Å². The number of nitrogens with one attached hydrogen (secondary N) is 1. The molecule has 1 aromatic carbocycles. The van der Waals surface area contributed by atoms with Gasteiger partial charge in [-0.3, -0.25) is 4.72 Å². The fourth-order valence-electron chi connectivity index (χ4n) is 1.60. The topological polar surface area (TPSA) is 72.5 Å². The van der Waals surface area contributed by atoms with E-state index in [1.807, 2.05) is 6.26 Å². The van der Waals surface area contributed by atoms with Crippen LogP contribution >= 0.6 is 23.1 Å². The van der Waals surface area contributed by atoms with Crippen molar-refractivity contribution in [2.75, 3.05) is 18.1 Å². The molecule has 0 saturated heterocycles. The summed E-state index contributed by atoms with van der Waals surface area (Å²) < 4.78 is 32.4. The molecule has 1 aromatic heterocycles. The van der Waals surface area contributed by atoms with Crippen LogP contribution in [0, 0.1) is 0 Å². The molecule has 112 valence electrons. The number of ether oxygens (including phenoxy) is 1. The molecule has 1 heterocycles. The normalized spacial score (nSPS) is 11.1. The molecular formula is C13H13NO4S3. The number of carbonyl (C=O) groups is 1. The number of thiophene rings is 1. The van der Waals surface area contributed by atoms with Crippen LogP contribution in [0.5, 0.6) is 0 Å². The summed E-state index contributed by atoms with van der Waals surface area (Å²) in [5.74, 6) is -0.486. The lowest BCUT2D eigenvalue weighted by molar-refractivity contribution is 0.0606. The average molecular weight is 343 g/mol. The van der Waals surface area contributed by atoms with Gasteiger partial charge < -0.3 is 4.74 Å². The van der Waals surface area contributed by atoms with Crippen LogP contribution in [0.25, 0.3) is 0 Å². The van der Waals surface area contributed by atoms with Gasteiger partial charge in [0.1, 0.15) is 4.88 Å². The maximum Gasteiger partial charge on any atom is 0.348 e. The molecule has 5 nitrogen and oxygen atoms in total. The Morgan fingerprint density at radius 2 is 1.95 bits per heavy atom. The van der Waals surface area contributed by atoms with E-state index in [0.29, 0.717) is 14.8 Å². The zero-order valence-corrected chi connectivity index (χ0v) is 13.8. The number of carbonyl (C=O) groups excluding carboxylic acids is 1. The van der Waals surface area contributed by atoms with Crippen molar-refractivity contribution in [1.82, 2.24) is 0 Å². The second kappa shape index (κ2) is 6.50. The average Bonchev–Trinajstić information content (AvgIpc) is 2.89. The van der Waals surface area contributed by atoms with E-state index in [1.165, 1.54) is 48.4 Å². The molecular weight excluding hydrogens is 330 g/mol. The van der Waals surface area contributed by atoms with Crippen molar-refractivity contribution in [3.05, 3.63) is 41.3 Å². The second-order valence-electron chi connectivity index (χ2n) is 3.93. The summed E-state index contributed by atoms with van der Waals surface area (Å²) in [6.45, 7) is 0. The quantitative estimate of drug-likeness (QED) is 0.667. The predicted octanol–water partition coefficient (Wildman–Crippen LogP) is 3.06. The molecule has 0 atom stereocenters. The van der Waals surface area contributed by atoms with E-state index < -0.39 is 16.0 Å². The number of methoxy groups -OCH3 is 1. The summed E-state index contributed by atoms with van der Waals surface area (Å²) in [7, 11) is -2.39. The Hall–Kier alpha value is -1.51. The van der Waals surface area contributed by atoms with Crippen LogP contribution in [0.3, 0.4) is 0 Å². The van der Waals surface area contributed by atoms with Crippen LogP contribution in [-0.4, -0.2) is 27.8 Å². The number of anilines is 1. The van der Waals surface area contributed by atoms with Crippen LogP contribution in [0.15, 0.2) is 45.5 Å². The Labute approximate surface area is 131 Å². The lowest BCUT2D eigenvalue weighted by atomic mass is 10.4. The van der Waals surface area contributed by atoms with Crippen molar-refractivity contribution in [2.24, 2.45) is 0 Å². The number of benzene rings is 1. The molecule has 2 rings (SSSR count). The molecule has 0 radical (unpaired) electrons. The Morgan fingerprint density at radius 1 is 1.29 bits per heavy atom. The summed E-state index contributed by atoms with van der Waals surface area (Å²) in [6.07, 6.45) is 1.81. The largest absolute Gasteiger partial charge is 0.465 e. The molecule has 1 N–H and O–H groups in total. The van der Waals surface area contributed by atoms with Gasteiger partial charge in [-0.15, -0.1) is 23.1 Å². The molecule has 0 saturated carbocycles. The molecule has 0 amide bonds. The van der Waals surface area contributed by atoms with Crippen molar-refractivity contribution >= 4 is 44.8 Å². The third-order valence-corrected chi connectivity index (χ3v) is 6.20. The number of hydrogen-bond acceptors (Lipinski definition) is 6. The highest BCUT2D eigenvalue weighted by Gasteiger charge is 2.20. The van der Waals surface area contributed by atoms with Crippen molar-refractivity contribution in [3.8, 4) is 0 Å². The van der Waals surface area contributed by atoms with Gasteiger partial charge in [-0.2, -0.15) is 0 Å². The lowest BCUT2D eigenvalue weighted by Crippen LogP contribution is -2.12. The zero-order valence-electron chi connectivity index (χ0n) is 11.3. The molecule has 2 aromatic rings. The van der Waals surface area contributed by atoms with Gasteiger partial charge in [0.25, 0.3) is 10.0 Å². The van der Waals surface area contributed by atoms with Gasteiger partial charge in [-0.25, -0.2) is 13.2 Å². The molecule has 21 heavy (non-hydrogen) atoms. The lowest BCUT2D eigenvalue weighted by Gasteiger charge is -2.07. The molecule has 0 spiro atoms. The Bertz CT molecular complexity index is 738. The van der Waals surface area contributed by atoms with E-state index in [4.69, 9.17) is 0 Å². The van der Waals surface area contributed by atoms with Crippen molar-refractivity contribution < 1.29 is 17.9 Å². The Kier molecular flexibility index (Phi) is 4.92. The predicted molar refractivity (Wildman–Crippen MR) is 84.7 cm³/mol. The van der Waals surface area contributed by atoms with Crippen molar-refractivity contribution in [2.45, 2.75) is 9.10 Å². The number of esters is 1. The van der Waals surface area contributed by atoms with Gasteiger partial charge in [0.2, 0.25) is 0 Å². The SMILES string of the molecule is COC(=O)c1cc(NS(=O)(=O)c2ccccc2)c(SC)s1. The Morgan fingerprint density at radius 3 is 2.52 bits per heavy atom. The summed E-state index contributed by atoms with van der Waals surface area (Å²) in [5, 5.41) is 0. The van der Waals surface area contributed by atoms with Gasteiger partial charge in [0, 0.05) is 0 Å². The third-order valence-electron chi connectivity index (χ3n) is 2.57. The minimum Gasteiger partial charge on any atom is -0.465 e. The molecule has 8 heteroatoms. The molecule has 0 bridgehead atoms. The summed E-state index contributed by atoms with van der Waals surface area (Å²) in [5.41, 5.74) is 0.386. The highest BCUT2D eigenvalue weighted by atomic mass is 32.2. The maximum absolute atomic E-state index is 12.3. The van der Waals surface area contributed by atoms with E-state index in [0.717, 1.165) is 0 Å². The molecule has 0 unspecified atom stereocenters. The van der Waals surface area contributed by atoms with Crippen LogP contribution in [-0.2, 0) is 14.8 Å². The van der Waals surface area contributed by atoms with Gasteiger partial charge in [0.05, 0.1) is 21.9 Å². The molecule has 0 aliphatic rings. The maximum atomic E-state index is 12.3. The van der Waals surface area contributed by atoms with E-state index in [9.17, 15) is 13.2 Å². The second-order valence-corrected chi connectivity index (χ2v) is 7.74. The molecule has 0 aliphatic heterocycles. The van der Waals surface area contributed by atoms with E-state index >= 15 is 0 Å². The smallest absolute Gasteiger partial charge is 0.348 e. The molecule has 0 fully saturated rings. The van der Waals surface area contributed by atoms with Gasteiger partial charge in [0.15, 0.2) is 0 Å². The van der Waals surface area contributed by atoms with Crippen molar-refractivity contribution in [3.63, 3.8) is 0 Å². The Balaban J connectivity index is 2.35. The number of sulfonamides is 1. The highest BCUT2D eigenvalue weighted by molar-refractivity contribution is 8.00. The first-order valence-corrected chi connectivity index (χ1v) is 9.34. The summed E-state index contributed by atoms with van der Waals surface area (Å²) >= 11 is 2.55. The van der Waals surface area contributed by atoms with Crippen LogP contribution in [0.4, 0.5) is 5.69 Å². The van der Waals surface area contributed by atoms with Crippen LogP contribution < -0.4 is 4.72 Å². The minimum absolute atomic E-state index is 0.169. The first-order valence-electron chi connectivity index (χ1n) is 5.82. The van der Waals surface area contributed by atoms with Gasteiger partial charge >= 0.3 is 5.97 Å². The number of thioether (sulfide) groups is 1. The van der Waals surface area contributed by atoms with Crippen molar-refractivity contribution in [1.29, 1.82) is 0 Å². The van der Waals surface area contributed by atoms with Crippen LogP contribution in [0.2, 0.25) is 0 Å². The summed E-state index contributed by atoms with van der Waals surface area (Å²) in [6, 6.07) is 9.55. The fourth-order valence-corrected chi connectivity index (χ4v) is 4.51. The van der Waals surface area contributed by atoms with Crippen LogP contribution in [0.1, 0.15) is 9.67 Å². The standard InChI is InChI=1S/C13H13NO4S3/c1-18-12(15)11-8-10(13(19-2)20-11)14-21(16,17)9-6-4-3-5-7-9/h3-8,14H,1-2H3. The fraction of sp³-hybridized carbons (Fsp3) is 0.154. The van der Waals surface area contributed by atoms with E-state index in [2.05, 4.69) is 9.46 Å². The minimum atomic E-state index is -3.67. The first-order chi connectivity index (χ1) is 9.97. The van der Waals surface area contributed by atoms with E-state index in [-0.39, 0.29) is 4.90 Å². The number of hydrogen-bond donors (Lipinski definition) is 1. The third kappa shape index (κ3) is 3.58. The monoisotopic (exact) mass is 343 g/mol. The first kappa shape index (κ1) is 15.9. The summed E-state index contributed by atoms with van der Waals surface area (Å²) in [4.78, 5) is 12.1. The number of rotatable bonds is 5. The van der Waals surface area contributed by atoms with Gasteiger partial charge in [-0.1, -0.05) is 18.2 Å². The zero-order chi connectivity index (χ0) is 15.5. The molecule has 0 aliphatic carbocycles. The highest BCUT2D eigenvalue weighted by Crippen LogP contribution is 2.36. The van der Waals surface area contributed by atoms with Gasteiger partial charge in [-0.05, 0) is 24.5 Å².